The molecular weight excluding hydrogens is 753 g/mol. The topological polar surface area (TPSA) is 241 Å². The van der Waals surface area contributed by atoms with Gasteiger partial charge in [-0.15, -0.1) is 5.10 Å². The van der Waals surface area contributed by atoms with Gasteiger partial charge in [0.2, 0.25) is 27.4 Å². The molecule has 1 aromatic carbocycles. The van der Waals surface area contributed by atoms with Crippen molar-refractivity contribution < 1.29 is 50.5 Å². The molecule has 0 spiro atoms. The molecule has 2 unspecified atom stereocenters. The SMILES string of the molecule is CC(C)(O)c1cnnn1C1CC(C(=O)NC2(C(=O)C(N)=O)CCS(=O)CC2)N(C(=O)[C@@H](CC2CCCCC2)NC(=O)c2ccc(S(=O)(=O)C(F)F)cc2)C1. The van der Waals surface area contributed by atoms with Crippen LogP contribution in [-0.4, -0.2) is 108 Å². The summed E-state index contributed by atoms with van der Waals surface area (Å²) < 4.78 is 63.7. The van der Waals surface area contributed by atoms with Gasteiger partial charge in [0.25, 0.3) is 11.8 Å². The number of ketones is 1. The lowest BCUT2D eigenvalue weighted by molar-refractivity contribution is -0.145. The number of alkyl halides is 2. The summed E-state index contributed by atoms with van der Waals surface area (Å²) in [6.07, 6.45) is 5.60. The largest absolute Gasteiger partial charge is 0.384 e. The average molecular weight is 798 g/mol. The van der Waals surface area contributed by atoms with Gasteiger partial charge in [-0.3, -0.25) is 28.2 Å². The van der Waals surface area contributed by atoms with Gasteiger partial charge in [-0.25, -0.2) is 13.1 Å². The first kappa shape index (κ1) is 41.0. The lowest BCUT2D eigenvalue weighted by Gasteiger charge is -2.37. The zero-order valence-corrected chi connectivity index (χ0v) is 31.5. The summed E-state index contributed by atoms with van der Waals surface area (Å²) in [7, 11) is -6.21. The first-order valence-corrected chi connectivity index (χ1v) is 20.7. The number of likely N-dealkylation sites (tertiary alicyclic amines) is 1. The minimum atomic E-state index is -4.92. The Morgan fingerprint density at radius 3 is 2.28 bits per heavy atom. The number of rotatable bonds is 13. The number of primary amides is 1. The highest BCUT2D eigenvalue weighted by atomic mass is 32.2. The Labute approximate surface area is 313 Å². The Kier molecular flexibility index (Phi) is 12.4. The van der Waals surface area contributed by atoms with Crippen LogP contribution in [-0.2, 0) is 45.4 Å². The molecule has 2 aliphatic heterocycles. The summed E-state index contributed by atoms with van der Waals surface area (Å²) >= 11 is 0. The molecular formula is C34H45F2N7O9S2. The Hall–Kier alpha value is -4.17. The molecule has 2 saturated heterocycles. The van der Waals surface area contributed by atoms with Gasteiger partial charge in [-0.1, -0.05) is 37.3 Å². The van der Waals surface area contributed by atoms with Crippen molar-refractivity contribution in [2.75, 3.05) is 18.1 Å². The van der Waals surface area contributed by atoms with Crippen molar-refractivity contribution in [1.29, 1.82) is 0 Å². The number of halogens is 2. The normalized spacial score (nSPS) is 24.6. The van der Waals surface area contributed by atoms with Gasteiger partial charge < -0.3 is 26.4 Å². The van der Waals surface area contributed by atoms with E-state index in [2.05, 4.69) is 20.9 Å². The van der Waals surface area contributed by atoms with Crippen LogP contribution < -0.4 is 16.4 Å². The number of hydrogen-bond acceptors (Lipinski definition) is 11. The molecule has 3 aliphatic rings. The second-order valence-electron chi connectivity index (χ2n) is 14.7. The number of carbonyl (C=O) groups is 5. The zero-order chi connectivity index (χ0) is 39.6. The highest BCUT2D eigenvalue weighted by Gasteiger charge is 2.50. The van der Waals surface area contributed by atoms with Gasteiger partial charge in [0.1, 0.15) is 23.2 Å². The van der Waals surface area contributed by atoms with Crippen LogP contribution in [0.5, 0.6) is 0 Å². The molecule has 2 aromatic rings. The molecule has 1 aliphatic carbocycles. The maximum atomic E-state index is 14.7. The number of nitrogens with one attached hydrogen (secondary N) is 2. The van der Waals surface area contributed by atoms with E-state index in [-0.39, 0.29) is 55.2 Å². The zero-order valence-electron chi connectivity index (χ0n) is 29.9. The molecule has 5 rings (SSSR count). The van der Waals surface area contributed by atoms with Gasteiger partial charge in [0, 0.05) is 40.8 Å². The Morgan fingerprint density at radius 1 is 1.07 bits per heavy atom. The van der Waals surface area contributed by atoms with Crippen molar-refractivity contribution in [3.05, 3.63) is 41.7 Å². The molecule has 1 aromatic heterocycles. The summed E-state index contributed by atoms with van der Waals surface area (Å²) in [6, 6.07) is 0.669. The molecule has 54 heavy (non-hydrogen) atoms. The molecule has 0 radical (unpaired) electrons. The summed E-state index contributed by atoms with van der Waals surface area (Å²) in [6.45, 7) is 2.89. The predicted octanol–water partition coefficient (Wildman–Crippen LogP) is 0.865. The molecule has 3 fully saturated rings. The molecule has 296 valence electrons. The fourth-order valence-electron chi connectivity index (χ4n) is 7.52. The predicted molar refractivity (Wildman–Crippen MR) is 189 cm³/mol. The second kappa shape index (κ2) is 16.3. The molecule has 3 heterocycles. The number of amides is 4. The fraction of sp³-hybridized carbons (Fsp3) is 0.618. The average Bonchev–Trinajstić information content (AvgIpc) is 3.81. The van der Waals surface area contributed by atoms with Crippen LogP contribution in [0, 0.1) is 5.92 Å². The van der Waals surface area contributed by atoms with E-state index < -0.39 is 90.0 Å². The van der Waals surface area contributed by atoms with E-state index in [1.54, 1.807) is 0 Å². The quantitative estimate of drug-likeness (QED) is 0.207. The third-order valence-electron chi connectivity index (χ3n) is 10.5. The van der Waals surface area contributed by atoms with Gasteiger partial charge in [0.05, 0.1) is 22.8 Å². The van der Waals surface area contributed by atoms with E-state index in [9.17, 15) is 50.5 Å². The van der Waals surface area contributed by atoms with Gasteiger partial charge in [-0.2, -0.15) is 8.78 Å². The molecule has 0 bridgehead atoms. The summed E-state index contributed by atoms with van der Waals surface area (Å²) in [4.78, 5) is 68.4. The summed E-state index contributed by atoms with van der Waals surface area (Å²) in [5.74, 6) is -8.18. The smallest absolute Gasteiger partial charge is 0.341 e. The van der Waals surface area contributed by atoms with Crippen LogP contribution in [0.2, 0.25) is 0 Å². The van der Waals surface area contributed by atoms with Crippen molar-refractivity contribution in [2.45, 2.75) is 112 Å². The standard InChI is InChI=1S/C34H45F2N7O9S2/c1-33(2,49)26-18-38-41-43(26)22-17-25(30(47)40-34(27(44)28(37)45)12-14-53(50)15-13-34)42(19-22)31(48)24(16-20-6-4-3-5-7-20)39-29(46)21-8-10-23(11-9-21)54(51,52)32(35)36/h8-11,18,20,22,24-25,32,49H,3-7,12-17,19H2,1-2H3,(H2,37,45)(H,39,46)(H,40,47)/t22?,24-,25?,34?,53?/m1/s1. The number of sulfone groups is 1. The summed E-state index contributed by atoms with van der Waals surface area (Å²) in [5, 5.41) is 24.3. The van der Waals surface area contributed by atoms with Crippen LogP contribution in [0.1, 0.15) is 93.7 Å². The highest BCUT2D eigenvalue weighted by molar-refractivity contribution is 7.91. The van der Waals surface area contributed by atoms with E-state index in [0.29, 0.717) is 5.69 Å². The highest BCUT2D eigenvalue weighted by Crippen LogP contribution is 2.34. The van der Waals surface area contributed by atoms with Gasteiger partial charge >= 0.3 is 5.76 Å². The second-order valence-corrected chi connectivity index (χ2v) is 18.3. The first-order chi connectivity index (χ1) is 25.3. The number of hydrogen-bond donors (Lipinski definition) is 4. The Bertz CT molecular complexity index is 1880. The third kappa shape index (κ3) is 8.86. The van der Waals surface area contributed by atoms with E-state index >= 15 is 0 Å². The molecule has 16 nitrogen and oxygen atoms in total. The third-order valence-corrected chi connectivity index (χ3v) is 13.2. The fourth-order valence-corrected chi connectivity index (χ4v) is 9.60. The first-order valence-electron chi connectivity index (χ1n) is 17.7. The molecule has 20 heteroatoms. The number of Topliss-reactive ketones (excluding diaryl/α,β-unsaturated/α-hetero) is 1. The maximum absolute atomic E-state index is 14.7. The van der Waals surface area contributed by atoms with Crippen molar-refractivity contribution in [1.82, 2.24) is 30.5 Å². The molecule has 4 amide bonds. The number of nitrogens with zero attached hydrogens (tertiary/aromatic N) is 4. The van der Waals surface area contributed by atoms with Crippen LogP contribution in [0.15, 0.2) is 35.4 Å². The maximum Gasteiger partial charge on any atom is 0.341 e. The van der Waals surface area contributed by atoms with Crippen LogP contribution in [0.3, 0.4) is 0 Å². The van der Waals surface area contributed by atoms with Gasteiger partial charge in [0.15, 0.2) is 0 Å². The van der Waals surface area contributed by atoms with Crippen molar-refractivity contribution >= 4 is 50.0 Å². The van der Waals surface area contributed by atoms with Crippen molar-refractivity contribution in [3.63, 3.8) is 0 Å². The van der Waals surface area contributed by atoms with E-state index in [1.165, 1.54) is 29.6 Å². The van der Waals surface area contributed by atoms with Crippen LogP contribution in [0.4, 0.5) is 8.78 Å². The van der Waals surface area contributed by atoms with E-state index in [0.717, 1.165) is 56.4 Å². The van der Waals surface area contributed by atoms with Crippen molar-refractivity contribution in [2.24, 2.45) is 11.7 Å². The Balaban J connectivity index is 1.49. The molecule has 5 N–H and O–H groups in total. The minimum absolute atomic E-state index is 0.0215. The number of carbonyl (C=O) groups excluding carboxylic acids is 5. The van der Waals surface area contributed by atoms with Crippen LogP contribution >= 0.6 is 0 Å². The lowest BCUT2D eigenvalue weighted by Crippen LogP contribution is -2.64. The van der Waals surface area contributed by atoms with Gasteiger partial charge in [-0.05, 0) is 63.3 Å². The monoisotopic (exact) mass is 797 g/mol. The number of nitrogens with two attached hydrogens (primary N) is 1. The van der Waals surface area contributed by atoms with E-state index in [1.807, 2.05) is 0 Å². The summed E-state index contributed by atoms with van der Waals surface area (Å²) in [5.41, 5.74) is 2.39. The molecule has 3 atom stereocenters. The van der Waals surface area contributed by atoms with Crippen LogP contribution in [0.25, 0.3) is 0 Å². The number of benzene rings is 1. The molecule has 1 saturated carbocycles. The lowest BCUT2D eigenvalue weighted by atomic mass is 9.84. The van der Waals surface area contributed by atoms with E-state index in [4.69, 9.17) is 5.73 Å². The minimum Gasteiger partial charge on any atom is -0.384 e. The van der Waals surface area contributed by atoms with Crippen molar-refractivity contribution in [3.8, 4) is 0 Å². The Morgan fingerprint density at radius 2 is 1.70 bits per heavy atom. The number of aliphatic hydroxyl groups is 1. The number of aromatic nitrogens is 3.